The van der Waals surface area contributed by atoms with Crippen molar-refractivity contribution in [2.24, 2.45) is 5.92 Å². The third kappa shape index (κ3) is 15.4. The molecule has 0 unspecified atom stereocenters. The molecule has 2 aliphatic rings. The number of aliphatic carboxylic acids is 3. The molecule has 2 aliphatic heterocycles. The summed E-state index contributed by atoms with van der Waals surface area (Å²) in [5.74, 6) is -7.05. The number of pyridine rings is 1. The van der Waals surface area contributed by atoms with E-state index in [1.165, 1.54) is 4.70 Å². The number of hydrogen-bond acceptors (Lipinski definition) is 12. The van der Waals surface area contributed by atoms with E-state index in [1.54, 1.807) is 23.7 Å². The number of fused-ring (bicyclic) bond motifs is 7. The van der Waals surface area contributed by atoms with Gasteiger partial charge in [0, 0.05) is 37.1 Å². The van der Waals surface area contributed by atoms with Gasteiger partial charge in [-0.2, -0.15) is 44.5 Å². The monoisotopic (exact) mass is 938 g/mol. The number of anilines is 6. The van der Waals surface area contributed by atoms with Gasteiger partial charge in [-0.1, -0.05) is 35.1 Å². The number of benzene rings is 2. The highest BCUT2D eigenvalue weighted by Crippen LogP contribution is 2.33. The number of halogens is 10. The summed E-state index contributed by atoms with van der Waals surface area (Å²) in [7, 11) is 0. The number of aryl methyl sites for hydroxylation is 2. The lowest BCUT2D eigenvalue weighted by Crippen LogP contribution is -2.36. The summed E-state index contributed by atoms with van der Waals surface area (Å²) in [6, 6.07) is 16.2. The number of amides is 1. The fourth-order valence-corrected chi connectivity index (χ4v) is 6.76. The topological polar surface area (TPSA) is 220 Å². The summed E-state index contributed by atoms with van der Waals surface area (Å²) >= 11 is 8.13. The predicted octanol–water partition coefficient (Wildman–Crippen LogP) is 8.87. The van der Waals surface area contributed by atoms with Gasteiger partial charge >= 0.3 is 36.4 Å². The van der Waals surface area contributed by atoms with Crippen LogP contribution in [0.25, 0.3) is 10.2 Å². The van der Waals surface area contributed by atoms with Crippen molar-refractivity contribution in [3.63, 3.8) is 0 Å². The van der Waals surface area contributed by atoms with Crippen LogP contribution >= 0.6 is 22.9 Å². The number of aromatic nitrogens is 4. The standard InChI is InChI=1S/C31H29ClN8OS.3C2HF3O2/c32-24-17-34-30-36-23-12-19(15-33-16-23)7-8-21-14-22(35-29(24)39-30)9-10-25(21)37-28(41)13-20-4-3-11-40(18-20)31-38-26-5-1-2-6-27(26)42-31;3*3-2(4,5)1(6)7/h1-2,5-6,9-10,12,14-17,20H,3-4,7-8,11,13,18H2,(H,37,41)(H2,34,35,36,39);3*(H,6,7)/t20-;;;/m1.../s1. The van der Waals surface area contributed by atoms with Gasteiger partial charge in [-0.25, -0.2) is 24.4 Å². The molecule has 1 saturated heterocycles. The van der Waals surface area contributed by atoms with Crippen molar-refractivity contribution in [1.82, 2.24) is 19.9 Å². The first-order chi connectivity index (χ1) is 29.4. The molecule has 0 aliphatic carbocycles. The molecule has 7 rings (SSSR count). The lowest BCUT2D eigenvalue weighted by Gasteiger charge is -2.32. The van der Waals surface area contributed by atoms with Crippen molar-refractivity contribution in [2.45, 2.75) is 50.6 Å². The summed E-state index contributed by atoms with van der Waals surface area (Å²) in [5.41, 5.74) is 5.57. The van der Waals surface area contributed by atoms with E-state index in [2.05, 4.69) is 47.9 Å². The number of piperidine rings is 1. The molecule has 1 atom stereocenters. The number of hydrogen-bond donors (Lipinski definition) is 6. The van der Waals surface area contributed by atoms with E-state index in [4.69, 9.17) is 46.3 Å². The minimum absolute atomic E-state index is 0.0300. The number of para-hydroxylation sites is 1. The quantitative estimate of drug-likeness (QED) is 0.0928. The maximum Gasteiger partial charge on any atom is 0.490 e. The maximum atomic E-state index is 13.4. The molecule has 1 amide bonds. The molecule has 6 N–H and O–H groups in total. The molecule has 2 aromatic carbocycles. The second kappa shape index (κ2) is 21.0. The van der Waals surface area contributed by atoms with Crippen molar-refractivity contribution in [1.29, 1.82) is 0 Å². The second-order valence-corrected chi connectivity index (χ2v) is 14.6. The molecule has 63 heavy (non-hydrogen) atoms. The molecule has 338 valence electrons. The Hall–Kier alpha value is -6.50. The largest absolute Gasteiger partial charge is 0.490 e. The van der Waals surface area contributed by atoms with Crippen molar-refractivity contribution >= 4 is 90.9 Å². The molecular weight excluding hydrogens is 907 g/mol. The van der Waals surface area contributed by atoms with E-state index in [-0.39, 0.29) is 11.8 Å². The number of carboxylic acids is 3. The Morgan fingerprint density at radius 3 is 2.06 bits per heavy atom. The number of nitrogens with one attached hydrogen (secondary N) is 3. The average Bonchev–Trinajstić information content (AvgIpc) is 3.64. The van der Waals surface area contributed by atoms with Crippen LogP contribution in [-0.2, 0) is 32.0 Å². The molecule has 5 heterocycles. The van der Waals surface area contributed by atoms with Crippen LogP contribution in [0.4, 0.5) is 73.5 Å². The van der Waals surface area contributed by atoms with Gasteiger partial charge in [-0.3, -0.25) is 9.78 Å². The van der Waals surface area contributed by atoms with Gasteiger partial charge in [0.15, 0.2) is 10.9 Å². The SMILES string of the molecule is O=C(C[C@H]1CCCN(c2nc3ccccc3s2)C1)Nc1ccc2cc1CCc1cncc(c1)Nc1ncc(Cl)c(n1)N2.O=C(O)C(F)(F)F.O=C(O)C(F)(F)F.O=C(O)C(F)(F)F. The van der Waals surface area contributed by atoms with Crippen LogP contribution in [0.3, 0.4) is 0 Å². The minimum atomic E-state index is -5.08. The fourth-order valence-electron chi connectivity index (χ4n) is 5.62. The van der Waals surface area contributed by atoms with E-state index < -0.39 is 36.4 Å². The second-order valence-electron chi connectivity index (χ2n) is 13.2. The fraction of sp³-hybridized carbons (Fsp3) is 0.297. The van der Waals surface area contributed by atoms with Crippen LogP contribution < -0.4 is 20.9 Å². The predicted molar refractivity (Wildman–Crippen MR) is 211 cm³/mol. The highest BCUT2D eigenvalue weighted by Gasteiger charge is 2.39. The Balaban J connectivity index is 0.000000344. The van der Waals surface area contributed by atoms with E-state index in [9.17, 15) is 44.3 Å². The zero-order chi connectivity index (χ0) is 46.7. The number of carbonyl (C=O) groups excluding carboxylic acids is 1. The van der Waals surface area contributed by atoms with Crippen molar-refractivity contribution in [3.8, 4) is 0 Å². The van der Waals surface area contributed by atoms with Gasteiger partial charge in [0.25, 0.3) is 0 Å². The van der Waals surface area contributed by atoms with Gasteiger partial charge in [0.05, 0.1) is 28.3 Å². The first-order valence-electron chi connectivity index (χ1n) is 17.8. The summed E-state index contributed by atoms with van der Waals surface area (Å²) < 4.78 is 96.4. The molecule has 3 aromatic heterocycles. The summed E-state index contributed by atoms with van der Waals surface area (Å²) in [6.45, 7) is 1.81. The van der Waals surface area contributed by atoms with Crippen LogP contribution in [0.5, 0.6) is 0 Å². The Kier molecular flexibility index (Phi) is 16.4. The summed E-state index contributed by atoms with van der Waals surface area (Å²) in [4.78, 5) is 60.4. The Morgan fingerprint density at radius 1 is 0.810 bits per heavy atom. The summed E-state index contributed by atoms with van der Waals surface area (Å²) in [6.07, 6.45) is -6.05. The normalized spacial score (nSPS) is 14.7. The smallest absolute Gasteiger partial charge is 0.475 e. The van der Waals surface area contributed by atoms with E-state index in [0.29, 0.717) is 23.2 Å². The molecule has 15 nitrogen and oxygen atoms in total. The van der Waals surface area contributed by atoms with Crippen molar-refractivity contribution in [3.05, 3.63) is 83.3 Å². The number of alkyl halides is 9. The third-order valence-corrected chi connectivity index (χ3v) is 9.77. The molecule has 0 saturated carbocycles. The van der Waals surface area contributed by atoms with Crippen LogP contribution in [0.15, 0.2) is 67.1 Å². The molecule has 0 radical (unpaired) electrons. The molecule has 0 spiro atoms. The number of nitrogens with zero attached hydrogens (tertiary/aromatic N) is 5. The summed E-state index contributed by atoms with van der Waals surface area (Å²) in [5, 5.41) is 32.6. The third-order valence-electron chi connectivity index (χ3n) is 8.39. The maximum absolute atomic E-state index is 13.4. The number of thiazole rings is 1. The number of carboxylic acid groups (broad SMARTS) is 3. The number of carbonyl (C=O) groups is 4. The van der Waals surface area contributed by atoms with Gasteiger partial charge < -0.3 is 36.2 Å². The highest BCUT2D eigenvalue weighted by molar-refractivity contribution is 7.22. The van der Waals surface area contributed by atoms with Crippen LogP contribution in [0.2, 0.25) is 5.02 Å². The van der Waals surface area contributed by atoms with E-state index >= 15 is 0 Å². The average molecular weight is 939 g/mol. The van der Waals surface area contributed by atoms with Gasteiger partial charge in [-0.15, -0.1) is 0 Å². The van der Waals surface area contributed by atoms with E-state index in [0.717, 1.165) is 77.6 Å². The van der Waals surface area contributed by atoms with Gasteiger partial charge in [0.1, 0.15) is 5.02 Å². The zero-order valence-corrected chi connectivity index (χ0v) is 33.3. The van der Waals surface area contributed by atoms with Crippen LogP contribution in [-0.4, -0.2) is 90.7 Å². The van der Waals surface area contributed by atoms with Crippen LogP contribution in [0, 0.1) is 5.92 Å². The van der Waals surface area contributed by atoms with Crippen molar-refractivity contribution in [2.75, 3.05) is 33.9 Å². The Bertz CT molecular complexity index is 2330. The lowest BCUT2D eigenvalue weighted by atomic mass is 9.94. The number of rotatable bonds is 4. The van der Waals surface area contributed by atoms with Crippen LogP contribution in [0.1, 0.15) is 30.4 Å². The minimum Gasteiger partial charge on any atom is -0.475 e. The molecule has 6 bridgehead atoms. The van der Waals surface area contributed by atoms with Crippen molar-refractivity contribution < 1.29 is 74.0 Å². The molecule has 5 aromatic rings. The first kappa shape index (κ1) is 49.2. The first-order valence-corrected chi connectivity index (χ1v) is 19.0. The Labute approximate surface area is 358 Å². The highest BCUT2D eigenvalue weighted by atomic mass is 35.5. The van der Waals surface area contributed by atoms with Gasteiger partial charge in [0.2, 0.25) is 11.9 Å². The lowest BCUT2D eigenvalue weighted by molar-refractivity contribution is -0.193. The van der Waals surface area contributed by atoms with E-state index in [1.807, 2.05) is 42.6 Å². The Morgan fingerprint density at radius 2 is 1.44 bits per heavy atom. The van der Waals surface area contributed by atoms with Gasteiger partial charge in [-0.05, 0) is 79.1 Å². The zero-order valence-electron chi connectivity index (χ0n) is 31.8. The molecule has 1 fully saturated rings. The molecular formula is C37H32ClF9N8O7S. The molecule has 26 heteroatoms.